The van der Waals surface area contributed by atoms with Crippen LogP contribution in [0.2, 0.25) is 0 Å². The van der Waals surface area contributed by atoms with Crippen molar-refractivity contribution in [1.82, 2.24) is 15.3 Å². The van der Waals surface area contributed by atoms with Gasteiger partial charge in [0.25, 0.3) is 0 Å². The van der Waals surface area contributed by atoms with Gasteiger partial charge in [-0.25, -0.2) is 4.98 Å². The number of nitrogens with zero attached hydrogens (tertiary/aromatic N) is 2. The third kappa shape index (κ3) is 0.617. The smallest absolute Gasteiger partial charge is 0.130 e. The summed E-state index contributed by atoms with van der Waals surface area (Å²) in [6.07, 6.45) is 7.76. The van der Waals surface area contributed by atoms with Gasteiger partial charge in [0.15, 0.2) is 0 Å². The van der Waals surface area contributed by atoms with E-state index in [0.29, 0.717) is 5.92 Å². The Morgan fingerprint density at radius 2 is 2.42 bits per heavy atom. The van der Waals surface area contributed by atoms with Gasteiger partial charge in [0.2, 0.25) is 0 Å². The summed E-state index contributed by atoms with van der Waals surface area (Å²) in [5, 5.41) is 3.16. The maximum Gasteiger partial charge on any atom is 0.130 e. The minimum atomic E-state index is 0.179. The third-order valence-corrected chi connectivity index (χ3v) is 2.30. The molecule has 60 valence electrons. The molecule has 3 rings (SSSR count). The molecule has 0 saturated heterocycles. The Hall–Kier alpha value is -1.58. The Morgan fingerprint density at radius 1 is 1.42 bits per heavy atom. The zero-order valence-corrected chi connectivity index (χ0v) is 6.36. The SMILES string of the molecule is C1=CC2c3[nH]cnc3C=NC2N1. The van der Waals surface area contributed by atoms with Gasteiger partial charge in [0.1, 0.15) is 11.9 Å². The molecular formula is C8H8N4. The molecular weight excluding hydrogens is 152 g/mol. The van der Waals surface area contributed by atoms with Gasteiger partial charge in [-0.05, 0) is 6.20 Å². The van der Waals surface area contributed by atoms with Crippen LogP contribution in [0.1, 0.15) is 17.3 Å². The van der Waals surface area contributed by atoms with Gasteiger partial charge >= 0.3 is 0 Å². The van der Waals surface area contributed by atoms with Gasteiger partial charge < -0.3 is 10.3 Å². The van der Waals surface area contributed by atoms with Crippen LogP contribution in [0.25, 0.3) is 0 Å². The van der Waals surface area contributed by atoms with Crippen molar-refractivity contribution in [3.63, 3.8) is 0 Å². The van der Waals surface area contributed by atoms with Crippen molar-refractivity contribution in [1.29, 1.82) is 0 Å². The normalized spacial score (nSPS) is 29.7. The fraction of sp³-hybridized carbons (Fsp3) is 0.250. The van der Waals surface area contributed by atoms with Crippen LogP contribution in [-0.4, -0.2) is 22.3 Å². The topological polar surface area (TPSA) is 53.1 Å². The third-order valence-electron chi connectivity index (χ3n) is 2.30. The molecule has 2 aliphatic rings. The molecule has 0 aliphatic carbocycles. The molecule has 0 spiro atoms. The number of hydrogen-bond donors (Lipinski definition) is 2. The molecule has 2 N–H and O–H groups in total. The van der Waals surface area contributed by atoms with Crippen LogP contribution in [0.4, 0.5) is 0 Å². The van der Waals surface area contributed by atoms with E-state index < -0.39 is 0 Å². The second kappa shape index (κ2) is 1.97. The maximum atomic E-state index is 4.32. The summed E-state index contributed by atoms with van der Waals surface area (Å²) in [4.78, 5) is 11.6. The quantitative estimate of drug-likeness (QED) is 0.576. The molecule has 4 nitrogen and oxygen atoms in total. The van der Waals surface area contributed by atoms with Crippen molar-refractivity contribution in [3.8, 4) is 0 Å². The number of aromatic nitrogens is 2. The van der Waals surface area contributed by atoms with Crippen LogP contribution in [-0.2, 0) is 0 Å². The molecule has 0 fully saturated rings. The molecule has 0 saturated carbocycles. The average molecular weight is 160 g/mol. The molecule has 2 atom stereocenters. The lowest BCUT2D eigenvalue weighted by Crippen LogP contribution is -2.26. The molecule has 3 heterocycles. The van der Waals surface area contributed by atoms with Crippen LogP contribution in [0, 0.1) is 0 Å². The summed E-state index contributed by atoms with van der Waals surface area (Å²) in [6.45, 7) is 0. The van der Waals surface area contributed by atoms with Gasteiger partial charge in [-0.3, -0.25) is 4.99 Å². The van der Waals surface area contributed by atoms with E-state index in [0.717, 1.165) is 11.4 Å². The fourth-order valence-electron chi connectivity index (χ4n) is 1.69. The molecule has 1 aromatic heterocycles. The van der Waals surface area contributed by atoms with Crippen LogP contribution in [0.3, 0.4) is 0 Å². The van der Waals surface area contributed by atoms with Crippen molar-refractivity contribution < 1.29 is 0 Å². The number of hydrogen-bond acceptors (Lipinski definition) is 3. The number of fused-ring (bicyclic) bond motifs is 3. The van der Waals surface area contributed by atoms with Crippen LogP contribution < -0.4 is 5.32 Å². The van der Waals surface area contributed by atoms with Crippen molar-refractivity contribution in [2.24, 2.45) is 4.99 Å². The largest absolute Gasteiger partial charge is 0.369 e. The monoisotopic (exact) mass is 160 g/mol. The molecule has 0 aromatic carbocycles. The van der Waals surface area contributed by atoms with E-state index in [2.05, 4.69) is 26.4 Å². The van der Waals surface area contributed by atoms with E-state index in [1.807, 2.05) is 12.4 Å². The van der Waals surface area contributed by atoms with E-state index in [9.17, 15) is 0 Å². The Morgan fingerprint density at radius 3 is 3.42 bits per heavy atom. The molecule has 2 aliphatic heterocycles. The van der Waals surface area contributed by atoms with E-state index >= 15 is 0 Å². The molecule has 4 heteroatoms. The molecule has 1 aromatic rings. The van der Waals surface area contributed by atoms with Gasteiger partial charge in [-0.15, -0.1) is 0 Å². The van der Waals surface area contributed by atoms with Crippen LogP contribution in [0.15, 0.2) is 23.6 Å². The number of nitrogens with one attached hydrogen (secondary N) is 2. The Kier molecular flexibility index (Phi) is 0.983. The van der Waals surface area contributed by atoms with Crippen molar-refractivity contribution in [2.45, 2.75) is 12.1 Å². The zero-order chi connectivity index (χ0) is 7.97. The lowest BCUT2D eigenvalue weighted by atomic mass is 10.0. The predicted octanol–water partition coefficient (Wildman–Crippen LogP) is 0.369. The second-order valence-corrected chi connectivity index (χ2v) is 2.98. The van der Waals surface area contributed by atoms with E-state index in [4.69, 9.17) is 0 Å². The standard InChI is InChI=1S/C8H8N4/c1-2-9-8-5(1)7-6(3-10-8)11-4-12-7/h1-5,8-9H,(H,11,12). The molecule has 0 amide bonds. The van der Waals surface area contributed by atoms with Gasteiger partial charge in [0.05, 0.1) is 24.2 Å². The summed E-state index contributed by atoms with van der Waals surface area (Å²) in [7, 11) is 0. The highest BCUT2D eigenvalue weighted by molar-refractivity contribution is 5.80. The zero-order valence-electron chi connectivity index (χ0n) is 6.36. The highest BCUT2D eigenvalue weighted by Gasteiger charge is 2.29. The second-order valence-electron chi connectivity index (χ2n) is 2.98. The van der Waals surface area contributed by atoms with Gasteiger partial charge in [-0.1, -0.05) is 6.08 Å². The van der Waals surface area contributed by atoms with Gasteiger partial charge in [-0.2, -0.15) is 0 Å². The van der Waals surface area contributed by atoms with E-state index in [1.165, 1.54) is 0 Å². The molecule has 12 heavy (non-hydrogen) atoms. The first-order valence-corrected chi connectivity index (χ1v) is 3.94. The minimum Gasteiger partial charge on any atom is -0.369 e. The lowest BCUT2D eigenvalue weighted by molar-refractivity contribution is 0.582. The average Bonchev–Trinajstić information content (AvgIpc) is 2.71. The van der Waals surface area contributed by atoms with Crippen molar-refractivity contribution in [3.05, 3.63) is 30.0 Å². The number of aliphatic imine (C=N–C) groups is 1. The summed E-state index contributed by atoms with van der Waals surface area (Å²) in [5.74, 6) is 0.340. The van der Waals surface area contributed by atoms with E-state index in [1.54, 1.807) is 6.33 Å². The van der Waals surface area contributed by atoms with Crippen LogP contribution >= 0.6 is 0 Å². The summed E-state index contributed by atoms with van der Waals surface area (Å²) < 4.78 is 0. The first-order valence-electron chi connectivity index (χ1n) is 3.94. The van der Waals surface area contributed by atoms with Crippen LogP contribution in [0.5, 0.6) is 0 Å². The van der Waals surface area contributed by atoms with Crippen molar-refractivity contribution in [2.75, 3.05) is 0 Å². The maximum absolute atomic E-state index is 4.32. The first kappa shape index (κ1) is 5.99. The number of H-pyrrole nitrogens is 1. The number of rotatable bonds is 0. The fourth-order valence-corrected chi connectivity index (χ4v) is 1.69. The minimum absolute atomic E-state index is 0.179. The summed E-state index contributed by atoms with van der Waals surface area (Å²) >= 11 is 0. The summed E-state index contributed by atoms with van der Waals surface area (Å²) in [5.41, 5.74) is 2.13. The molecule has 0 radical (unpaired) electrons. The lowest BCUT2D eigenvalue weighted by Gasteiger charge is -2.18. The highest BCUT2D eigenvalue weighted by Crippen LogP contribution is 2.28. The van der Waals surface area contributed by atoms with Crippen molar-refractivity contribution >= 4 is 6.21 Å². The Labute approximate surface area is 69.4 Å². The number of imidazole rings is 1. The van der Waals surface area contributed by atoms with E-state index in [-0.39, 0.29) is 6.17 Å². The predicted molar refractivity (Wildman–Crippen MR) is 45.0 cm³/mol. The Bertz CT molecular complexity index is 363. The molecule has 2 unspecified atom stereocenters. The summed E-state index contributed by atoms with van der Waals surface area (Å²) in [6, 6.07) is 0. The highest BCUT2D eigenvalue weighted by atomic mass is 15.1. The Balaban J connectivity index is 2.17. The van der Waals surface area contributed by atoms with Gasteiger partial charge in [0, 0.05) is 0 Å². The molecule has 0 bridgehead atoms. The first-order chi connectivity index (χ1) is 5.95. The number of aromatic amines is 1.